The average molecular weight is 546 g/mol. The molecule has 0 fully saturated rings. The molecular weight excluding hydrogens is 524 g/mol. The van der Waals surface area contributed by atoms with Crippen molar-refractivity contribution in [1.82, 2.24) is 0 Å². The van der Waals surface area contributed by atoms with Gasteiger partial charge in [0.15, 0.2) is 0 Å². The molecule has 0 radical (unpaired) electrons. The Morgan fingerprint density at radius 1 is 0.375 bits per heavy atom. The zero-order valence-electron chi connectivity index (χ0n) is 17.9. The fourth-order valence-corrected chi connectivity index (χ4v) is 5.00. The Morgan fingerprint density at radius 3 is 0.844 bits per heavy atom. The van der Waals surface area contributed by atoms with Crippen LogP contribution in [0.5, 0.6) is 0 Å². The summed E-state index contributed by atoms with van der Waals surface area (Å²) in [5.41, 5.74) is 7.60. The molecule has 6 rings (SSSR count). The number of rotatable bonds is 1. The summed E-state index contributed by atoms with van der Waals surface area (Å²) in [4.78, 5) is 0. The fraction of sp³-hybridized carbons (Fsp3) is 0.0714. The maximum atomic E-state index is 2.31. The van der Waals surface area contributed by atoms with Gasteiger partial charge < -0.3 is 34.0 Å². The minimum atomic E-state index is 0. The molecule has 2 aromatic heterocycles. The molecule has 0 amide bonds. The first-order chi connectivity index (χ1) is 14.8. The van der Waals surface area contributed by atoms with Gasteiger partial charge in [0.25, 0.3) is 0 Å². The highest BCUT2D eigenvalue weighted by Gasteiger charge is 2.24. The van der Waals surface area contributed by atoms with E-state index in [1.54, 1.807) is 0 Å². The van der Waals surface area contributed by atoms with E-state index in [9.17, 15) is 0 Å². The van der Waals surface area contributed by atoms with Gasteiger partial charge in [0.1, 0.15) is 14.1 Å². The van der Waals surface area contributed by atoms with E-state index in [-0.39, 0.29) is 34.0 Å². The molecule has 0 N–H and O–H groups in total. The zero-order valence-corrected chi connectivity index (χ0v) is 21.1. The van der Waals surface area contributed by atoms with Gasteiger partial charge in [0.2, 0.25) is 22.1 Å². The van der Waals surface area contributed by atoms with E-state index in [1.165, 1.54) is 54.7 Å². The number of nitrogens with zero attached hydrogens (tertiary/aromatic N) is 2. The van der Waals surface area contributed by atoms with Crippen LogP contribution >= 0.6 is 0 Å². The van der Waals surface area contributed by atoms with Crippen LogP contribution in [0.2, 0.25) is 0 Å². The number of para-hydroxylation sites is 4. The smallest absolute Gasteiger partial charge is 0.213 e. The van der Waals surface area contributed by atoms with Crippen LogP contribution in [0.4, 0.5) is 0 Å². The Labute approximate surface area is 208 Å². The summed E-state index contributed by atoms with van der Waals surface area (Å²) in [6.45, 7) is 0. The van der Waals surface area contributed by atoms with Crippen LogP contribution in [0.25, 0.3) is 54.7 Å². The summed E-state index contributed by atoms with van der Waals surface area (Å²) in [5, 5.41) is 5.12. The molecule has 4 heteroatoms. The highest BCUT2D eigenvalue weighted by Crippen LogP contribution is 2.40. The average Bonchev–Trinajstić information content (AvgIpc) is 2.81. The molecule has 2 nitrogen and oxygen atoms in total. The molecule has 0 spiro atoms. The number of halogens is 2. The summed E-state index contributed by atoms with van der Waals surface area (Å²) >= 11 is 0. The molecule has 2 heterocycles. The quantitative estimate of drug-likeness (QED) is 0.197. The number of benzene rings is 4. The van der Waals surface area contributed by atoms with Gasteiger partial charge in [-0.05, 0) is 24.3 Å². The van der Waals surface area contributed by atoms with Gasteiger partial charge in [0.05, 0.1) is 21.5 Å². The fourth-order valence-electron chi connectivity index (χ4n) is 5.00. The van der Waals surface area contributed by atoms with Crippen LogP contribution in [-0.4, -0.2) is 0 Å². The summed E-state index contributed by atoms with van der Waals surface area (Å²) in [6.07, 6.45) is 0. The predicted octanol–water partition coefficient (Wildman–Crippen LogP) is -0.377. The van der Waals surface area contributed by atoms with Crippen molar-refractivity contribution in [2.45, 2.75) is 0 Å². The number of hydrogen-bond acceptors (Lipinski definition) is 0. The van der Waals surface area contributed by atoms with Crippen molar-refractivity contribution in [1.29, 1.82) is 0 Å². The highest BCUT2D eigenvalue weighted by molar-refractivity contribution is 6.18. The molecular formula is C28H22Br2N2. The topological polar surface area (TPSA) is 7.76 Å². The van der Waals surface area contributed by atoms with Crippen LogP contribution in [0.1, 0.15) is 0 Å². The molecule has 0 aliphatic rings. The van der Waals surface area contributed by atoms with Crippen LogP contribution in [0.3, 0.4) is 0 Å². The maximum absolute atomic E-state index is 2.31. The van der Waals surface area contributed by atoms with Crippen molar-refractivity contribution in [3.05, 3.63) is 97.1 Å². The minimum Gasteiger partial charge on any atom is -1.00 e. The predicted molar refractivity (Wildman–Crippen MR) is 124 cm³/mol. The Balaban J connectivity index is 0.00000122. The van der Waals surface area contributed by atoms with E-state index in [0.29, 0.717) is 0 Å². The molecule has 4 aromatic carbocycles. The van der Waals surface area contributed by atoms with Gasteiger partial charge in [-0.2, -0.15) is 9.13 Å². The van der Waals surface area contributed by atoms with E-state index in [2.05, 4.69) is 120 Å². The van der Waals surface area contributed by atoms with Crippen molar-refractivity contribution in [2.24, 2.45) is 14.1 Å². The standard InChI is InChI=1S/C28H22N2.2BrH/c1-29-23-15-7-3-11-19(23)27(20-12-4-8-16-24(20)29)28-21-13-5-9-17-25(21)30(2)26-18-10-6-14-22(26)28;;/h3-18H,1-2H3;2*1H/q+2;;/p-2. The van der Waals surface area contributed by atoms with E-state index in [1.807, 2.05) is 0 Å². The van der Waals surface area contributed by atoms with Gasteiger partial charge in [-0.3, -0.25) is 0 Å². The monoisotopic (exact) mass is 544 g/mol. The number of pyridine rings is 2. The van der Waals surface area contributed by atoms with Gasteiger partial charge in [0, 0.05) is 35.4 Å². The summed E-state index contributed by atoms with van der Waals surface area (Å²) in [7, 11) is 4.32. The summed E-state index contributed by atoms with van der Waals surface area (Å²) in [6, 6.07) is 35.0. The van der Waals surface area contributed by atoms with E-state index in [0.717, 1.165) is 0 Å². The van der Waals surface area contributed by atoms with Crippen molar-refractivity contribution in [2.75, 3.05) is 0 Å². The highest BCUT2D eigenvalue weighted by atomic mass is 79.9. The third-order valence-electron chi connectivity index (χ3n) is 6.39. The van der Waals surface area contributed by atoms with Crippen molar-refractivity contribution in [3.8, 4) is 11.1 Å². The number of aromatic nitrogens is 2. The molecule has 0 bridgehead atoms. The first-order valence-electron chi connectivity index (χ1n) is 10.3. The van der Waals surface area contributed by atoms with Crippen LogP contribution < -0.4 is 43.1 Å². The van der Waals surface area contributed by atoms with E-state index < -0.39 is 0 Å². The molecule has 0 saturated heterocycles. The summed E-state index contributed by atoms with van der Waals surface area (Å²) < 4.78 is 4.61. The lowest BCUT2D eigenvalue weighted by atomic mass is 9.90. The Kier molecular flexibility index (Phi) is 6.02. The number of aryl methyl sites for hydroxylation is 2. The zero-order chi connectivity index (χ0) is 20.2. The Hall–Kier alpha value is -2.82. The molecule has 0 aliphatic carbocycles. The lowest BCUT2D eigenvalue weighted by molar-refractivity contribution is -0.617. The van der Waals surface area contributed by atoms with Crippen molar-refractivity contribution < 1.29 is 43.1 Å². The SMILES string of the molecule is C[n+]1c2ccccc2c(-c2c3ccccc3[n+](C)c3ccccc23)c2ccccc21.[Br-].[Br-]. The lowest BCUT2D eigenvalue weighted by Gasteiger charge is -2.14. The van der Waals surface area contributed by atoms with Gasteiger partial charge in [-0.25, -0.2) is 0 Å². The first kappa shape index (κ1) is 22.4. The lowest BCUT2D eigenvalue weighted by Crippen LogP contribution is -3.00. The second-order valence-corrected chi connectivity index (χ2v) is 7.94. The molecule has 158 valence electrons. The maximum Gasteiger partial charge on any atom is 0.213 e. The molecule has 32 heavy (non-hydrogen) atoms. The second kappa shape index (κ2) is 8.61. The first-order valence-corrected chi connectivity index (χ1v) is 10.3. The Bertz CT molecular complexity index is 1390. The largest absolute Gasteiger partial charge is 1.00 e. The molecule has 0 aliphatic heterocycles. The molecule has 0 saturated carbocycles. The third-order valence-corrected chi connectivity index (χ3v) is 6.39. The van der Waals surface area contributed by atoms with Gasteiger partial charge >= 0.3 is 0 Å². The third kappa shape index (κ3) is 3.13. The molecule has 6 aromatic rings. The molecule has 0 atom stereocenters. The number of hydrogen-bond donors (Lipinski definition) is 0. The second-order valence-electron chi connectivity index (χ2n) is 7.94. The summed E-state index contributed by atoms with van der Waals surface area (Å²) in [5.74, 6) is 0. The normalized spacial score (nSPS) is 10.9. The van der Waals surface area contributed by atoms with Gasteiger partial charge in [-0.15, -0.1) is 0 Å². The molecule has 0 unspecified atom stereocenters. The van der Waals surface area contributed by atoms with E-state index in [4.69, 9.17) is 0 Å². The van der Waals surface area contributed by atoms with E-state index >= 15 is 0 Å². The number of fused-ring (bicyclic) bond motifs is 4. The van der Waals surface area contributed by atoms with Crippen molar-refractivity contribution >= 4 is 43.6 Å². The van der Waals surface area contributed by atoms with Crippen LogP contribution in [0.15, 0.2) is 97.1 Å². The van der Waals surface area contributed by atoms with Gasteiger partial charge in [-0.1, -0.05) is 48.5 Å². The minimum absolute atomic E-state index is 0. The van der Waals surface area contributed by atoms with Crippen LogP contribution in [0, 0.1) is 0 Å². The van der Waals surface area contributed by atoms with Crippen molar-refractivity contribution in [3.63, 3.8) is 0 Å². The van der Waals surface area contributed by atoms with Crippen LogP contribution in [-0.2, 0) is 14.1 Å². The Morgan fingerprint density at radius 2 is 0.594 bits per heavy atom.